The van der Waals surface area contributed by atoms with E-state index >= 15 is 0 Å². The molecule has 88 valence electrons. The number of aryl methyl sites for hydroxylation is 2. The summed E-state index contributed by atoms with van der Waals surface area (Å²) in [5.74, 6) is 4.06. The summed E-state index contributed by atoms with van der Waals surface area (Å²) < 4.78 is 2.12. The molecule has 0 amide bonds. The maximum atomic E-state index is 6.20. The van der Waals surface area contributed by atoms with Gasteiger partial charge in [-0.05, 0) is 42.9 Å². The Morgan fingerprint density at radius 1 is 1.50 bits per heavy atom. The standard InChI is InChI=1S/C13H19ClN2/c1-16-5-4-15-12(16)2-3-13(9-14)7-10-6-11(10)8-13/h4-5,10-11H,2-3,6-9H2,1H3. The molecule has 1 aromatic rings. The zero-order valence-electron chi connectivity index (χ0n) is 9.82. The number of imidazole rings is 1. The van der Waals surface area contributed by atoms with E-state index < -0.39 is 0 Å². The minimum Gasteiger partial charge on any atom is -0.338 e. The van der Waals surface area contributed by atoms with Gasteiger partial charge in [0.15, 0.2) is 0 Å². The van der Waals surface area contributed by atoms with Crippen molar-refractivity contribution in [3.05, 3.63) is 18.2 Å². The Bertz CT molecular complexity index is 375. The molecule has 3 heteroatoms. The summed E-state index contributed by atoms with van der Waals surface area (Å²) in [6.45, 7) is 0. The zero-order chi connectivity index (χ0) is 11.2. The van der Waals surface area contributed by atoms with Crippen molar-refractivity contribution in [2.24, 2.45) is 24.3 Å². The van der Waals surface area contributed by atoms with Crippen LogP contribution in [0.25, 0.3) is 0 Å². The predicted molar refractivity (Wildman–Crippen MR) is 65.5 cm³/mol. The number of aromatic nitrogens is 2. The fraction of sp³-hybridized carbons (Fsp3) is 0.769. The van der Waals surface area contributed by atoms with Crippen LogP contribution < -0.4 is 0 Å². The van der Waals surface area contributed by atoms with Gasteiger partial charge >= 0.3 is 0 Å². The van der Waals surface area contributed by atoms with Gasteiger partial charge in [-0.3, -0.25) is 0 Å². The normalized spacial score (nSPS) is 36.4. The summed E-state index contributed by atoms with van der Waals surface area (Å²) in [5, 5.41) is 0. The average Bonchev–Trinajstić information content (AvgIpc) is 2.74. The highest BCUT2D eigenvalue weighted by molar-refractivity contribution is 6.18. The molecule has 2 unspecified atom stereocenters. The molecule has 0 radical (unpaired) electrons. The van der Waals surface area contributed by atoms with E-state index in [1.807, 2.05) is 12.4 Å². The van der Waals surface area contributed by atoms with Crippen LogP contribution in [-0.4, -0.2) is 15.4 Å². The highest BCUT2D eigenvalue weighted by Gasteiger charge is 2.52. The van der Waals surface area contributed by atoms with E-state index in [0.717, 1.165) is 24.1 Å². The van der Waals surface area contributed by atoms with E-state index in [9.17, 15) is 0 Å². The Morgan fingerprint density at radius 2 is 2.25 bits per heavy atom. The zero-order valence-corrected chi connectivity index (χ0v) is 10.6. The van der Waals surface area contributed by atoms with Gasteiger partial charge in [-0.1, -0.05) is 0 Å². The quantitative estimate of drug-likeness (QED) is 0.738. The van der Waals surface area contributed by atoms with E-state index in [0.29, 0.717) is 5.41 Å². The van der Waals surface area contributed by atoms with Gasteiger partial charge in [-0.25, -0.2) is 4.98 Å². The van der Waals surface area contributed by atoms with Crippen LogP contribution in [0, 0.1) is 17.3 Å². The second-order valence-electron chi connectivity index (χ2n) is 5.75. The SMILES string of the molecule is Cn1ccnc1CCC1(CCl)CC2CC2C1. The van der Waals surface area contributed by atoms with E-state index in [2.05, 4.69) is 16.6 Å². The van der Waals surface area contributed by atoms with Crippen molar-refractivity contribution < 1.29 is 0 Å². The smallest absolute Gasteiger partial charge is 0.108 e. The van der Waals surface area contributed by atoms with Gasteiger partial charge in [0.2, 0.25) is 0 Å². The molecule has 2 nitrogen and oxygen atoms in total. The Labute approximate surface area is 102 Å². The molecular formula is C13H19ClN2. The average molecular weight is 239 g/mol. The molecule has 2 aliphatic carbocycles. The van der Waals surface area contributed by atoms with Crippen molar-refractivity contribution in [2.75, 3.05) is 5.88 Å². The van der Waals surface area contributed by atoms with E-state index in [-0.39, 0.29) is 0 Å². The van der Waals surface area contributed by atoms with Gasteiger partial charge in [-0.2, -0.15) is 0 Å². The maximum absolute atomic E-state index is 6.20. The summed E-state index contributed by atoms with van der Waals surface area (Å²) in [6, 6.07) is 0. The van der Waals surface area contributed by atoms with Crippen LogP contribution in [0.2, 0.25) is 0 Å². The Kier molecular flexibility index (Phi) is 2.50. The van der Waals surface area contributed by atoms with Crippen molar-refractivity contribution in [3.63, 3.8) is 0 Å². The van der Waals surface area contributed by atoms with Gasteiger partial charge in [-0.15, -0.1) is 11.6 Å². The lowest BCUT2D eigenvalue weighted by Gasteiger charge is -2.28. The lowest BCUT2D eigenvalue weighted by atomic mass is 9.80. The van der Waals surface area contributed by atoms with Crippen molar-refractivity contribution in [2.45, 2.75) is 32.1 Å². The molecule has 2 aliphatic rings. The third-order valence-corrected chi connectivity index (χ3v) is 5.11. The molecule has 16 heavy (non-hydrogen) atoms. The van der Waals surface area contributed by atoms with Crippen molar-refractivity contribution >= 4 is 11.6 Å². The first-order valence-corrected chi connectivity index (χ1v) is 6.78. The molecule has 2 fully saturated rings. The van der Waals surface area contributed by atoms with Crippen LogP contribution in [0.4, 0.5) is 0 Å². The number of halogens is 1. The number of fused-ring (bicyclic) bond motifs is 1. The molecule has 0 bridgehead atoms. The summed E-state index contributed by atoms with van der Waals surface area (Å²) in [7, 11) is 2.07. The van der Waals surface area contributed by atoms with Crippen LogP contribution in [0.3, 0.4) is 0 Å². The van der Waals surface area contributed by atoms with E-state index in [1.165, 1.54) is 31.5 Å². The molecule has 3 rings (SSSR count). The fourth-order valence-electron chi connectivity index (χ4n) is 3.40. The van der Waals surface area contributed by atoms with Gasteiger partial charge in [0.25, 0.3) is 0 Å². The lowest BCUT2D eigenvalue weighted by molar-refractivity contribution is 0.278. The number of nitrogens with zero attached hydrogens (tertiary/aromatic N) is 2. The van der Waals surface area contributed by atoms with Gasteiger partial charge in [0.05, 0.1) is 0 Å². The molecule has 0 N–H and O–H groups in total. The largest absolute Gasteiger partial charge is 0.338 e. The van der Waals surface area contributed by atoms with Crippen LogP contribution in [0.1, 0.15) is 31.5 Å². The summed E-state index contributed by atoms with van der Waals surface area (Å²) in [6.07, 6.45) is 10.4. The fourth-order valence-corrected chi connectivity index (χ4v) is 3.75. The summed E-state index contributed by atoms with van der Waals surface area (Å²) in [5.41, 5.74) is 0.432. The van der Waals surface area contributed by atoms with Gasteiger partial charge in [0.1, 0.15) is 5.82 Å². The lowest BCUT2D eigenvalue weighted by Crippen LogP contribution is -2.22. The third-order valence-electron chi connectivity index (χ3n) is 4.54. The second kappa shape index (κ2) is 3.76. The Morgan fingerprint density at radius 3 is 2.81 bits per heavy atom. The first-order chi connectivity index (χ1) is 7.72. The van der Waals surface area contributed by atoms with Crippen LogP contribution in [-0.2, 0) is 13.5 Å². The van der Waals surface area contributed by atoms with Crippen LogP contribution in [0.15, 0.2) is 12.4 Å². The molecule has 1 aromatic heterocycles. The topological polar surface area (TPSA) is 17.8 Å². The van der Waals surface area contributed by atoms with Crippen LogP contribution in [0.5, 0.6) is 0 Å². The minimum absolute atomic E-state index is 0.432. The molecule has 1 heterocycles. The molecule has 2 atom stereocenters. The van der Waals surface area contributed by atoms with Gasteiger partial charge in [0, 0.05) is 31.7 Å². The first-order valence-electron chi connectivity index (χ1n) is 6.25. The number of alkyl halides is 1. The monoisotopic (exact) mass is 238 g/mol. The Balaban J connectivity index is 1.63. The predicted octanol–water partition coefficient (Wildman–Crippen LogP) is 3.01. The molecule has 0 saturated heterocycles. The molecular weight excluding hydrogens is 220 g/mol. The van der Waals surface area contributed by atoms with Crippen molar-refractivity contribution in [1.82, 2.24) is 9.55 Å². The molecule has 2 saturated carbocycles. The second-order valence-corrected chi connectivity index (χ2v) is 6.02. The van der Waals surface area contributed by atoms with E-state index in [4.69, 9.17) is 11.6 Å². The number of hydrogen-bond donors (Lipinski definition) is 0. The Hall–Kier alpha value is -0.500. The highest BCUT2D eigenvalue weighted by Crippen LogP contribution is 2.61. The summed E-state index contributed by atoms with van der Waals surface area (Å²) in [4.78, 5) is 4.39. The highest BCUT2D eigenvalue weighted by atomic mass is 35.5. The van der Waals surface area contributed by atoms with Gasteiger partial charge < -0.3 is 4.57 Å². The molecule has 0 aromatic carbocycles. The first kappa shape index (κ1) is 10.6. The van der Waals surface area contributed by atoms with Crippen molar-refractivity contribution in [3.8, 4) is 0 Å². The van der Waals surface area contributed by atoms with E-state index in [1.54, 1.807) is 0 Å². The maximum Gasteiger partial charge on any atom is 0.108 e. The minimum atomic E-state index is 0.432. The number of hydrogen-bond acceptors (Lipinski definition) is 1. The van der Waals surface area contributed by atoms with Crippen molar-refractivity contribution in [1.29, 1.82) is 0 Å². The molecule has 0 aliphatic heterocycles. The summed E-state index contributed by atoms with van der Waals surface area (Å²) >= 11 is 6.20. The number of rotatable bonds is 4. The molecule has 0 spiro atoms. The third kappa shape index (κ3) is 1.77. The van der Waals surface area contributed by atoms with Crippen LogP contribution >= 0.6 is 11.6 Å².